The maximum Gasteiger partial charge on any atom is 0.279 e. The first kappa shape index (κ1) is 20.6. The molecular weight excluding hydrogens is 356 g/mol. The van der Waals surface area contributed by atoms with Gasteiger partial charge in [-0.3, -0.25) is 0 Å². The van der Waals surface area contributed by atoms with E-state index in [2.05, 4.69) is 0 Å². The van der Waals surface area contributed by atoms with Crippen LogP contribution in [0, 0.1) is 0 Å². The van der Waals surface area contributed by atoms with E-state index in [1.165, 1.54) is 14.0 Å². The van der Waals surface area contributed by atoms with E-state index in [1.54, 1.807) is 13.8 Å². The lowest BCUT2D eigenvalue weighted by Gasteiger charge is -2.59. The summed E-state index contributed by atoms with van der Waals surface area (Å²) in [6.45, 7) is 5.17. The Balaban J connectivity index is 2.00. The van der Waals surface area contributed by atoms with Crippen LogP contribution in [0.5, 0.6) is 0 Å². The fourth-order valence-corrected chi connectivity index (χ4v) is 3.67. The van der Waals surface area contributed by atoms with E-state index in [0.717, 1.165) is 5.56 Å². The van der Waals surface area contributed by atoms with E-state index in [0.29, 0.717) is 0 Å². The average molecular weight is 384 g/mol. The van der Waals surface area contributed by atoms with Crippen molar-refractivity contribution in [2.24, 2.45) is 0 Å². The number of aliphatic hydroxyl groups is 2. The normalized spacial score (nSPS) is 41.9. The molecule has 1 unspecified atom stereocenters. The van der Waals surface area contributed by atoms with Gasteiger partial charge in [0, 0.05) is 25.9 Å². The summed E-state index contributed by atoms with van der Waals surface area (Å²) in [5.41, 5.74) is 0.773. The van der Waals surface area contributed by atoms with Crippen LogP contribution in [0.1, 0.15) is 32.6 Å². The number of rotatable bonds is 6. The minimum atomic E-state index is -2.33. The van der Waals surface area contributed by atoms with E-state index in [9.17, 15) is 10.2 Å². The van der Waals surface area contributed by atoms with Crippen LogP contribution in [0.25, 0.3) is 0 Å². The monoisotopic (exact) mass is 384 g/mol. The molecule has 0 aliphatic carbocycles. The van der Waals surface area contributed by atoms with Gasteiger partial charge in [-0.15, -0.1) is 0 Å². The Morgan fingerprint density at radius 1 is 1.11 bits per heavy atom. The average Bonchev–Trinajstić information content (AvgIpc) is 2.68. The number of benzene rings is 1. The van der Waals surface area contributed by atoms with Crippen molar-refractivity contribution >= 4 is 0 Å². The molecule has 0 spiro atoms. The lowest BCUT2D eigenvalue weighted by atomic mass is 9.85. The molecule has 152 valence electrons. The van der Waals surface area contributed by atoms with Gasteiger partial charge in [0.15, 0.2) is 6.29 Å². The Hall–Kier alpha value is -1.10. The van der Waals surface area contributed by atoms with Crippen LogP contribution in [0.3, 0.4) is 0 Å². The molecule has 2 saturated heterocycles. The smallest absolute Gasteiger partial charge is 0.279 e. The standard InChI is InChI=1S/C19H28O8/c1-5-24-18(20)15-14(27-17(3,22-4)19(18,21)25-6-2)12-23-16(26-15)13-10-8-7-9-11-13/h7-11,14-16,20-21H,5-6,12H2,1-4H3/t14-,15-,16?,17-,18-,19-/m1/s1. The second-order valence-corrected chi connectivity index (χ2v) is 6.65. The Kier molecular flexibility index (Phi) is 5.90. The SMILES string of the molecule is CCO[C@]1(O)[C@](C)(OC)O[C@@H]2COC(c3ccccc3)O[C@H]2[C@@]1(O)OCC. The molecule has 8 nitrogen and oxygen atoms in total. The third-order valence-corrected chi connectivity index (χ3v) is 5.06. The largest absolute Gasteiger partial charge is 0.359 e. The van der Waals surface area contributed by atoms with E-state index in [4.69, 9.17) is 28.4 Å². The molecule has 2 fully saturated rings. The Morgan fingerprint density at radius 2 is 1.78 bits per heavy atom. The van der Waals surface area contributed by atoms with Crippen molar-refractivity contribution in [2.45, 2.75) is 56.6 Å². The van der Waals surface area contributed by atoms with Gasteiger partial charge in [0.05, 0.1) is 6.61 Å². The van der Waals surface area contributed by atoms with Gasteiger partial charge < -0.3 is 38.6 Å². The fourth-order valence-electron chi connectivity index (χ4n) is 3.67. The van der Waals surface area contributed by atoms with Gasteiger partial charge in [-0.05, 0) is 20.8 Å². The van der Waals surface area contributed by atoms with Crippen molar-refractivity contribution in [3.05, 3.63) is 35.9 Å². The molecule has 6 atom stereocenters. The summed E-state index contributed by atoms with van der Waals surface area (Å²) in [5, 5.41) is 22.9. The van der Waals surface area contributed by atoms with Crippen LogP contribution in [0.15, 0.2) is 30.3 Å². The van der Waals surface area contributed by atoms with Gasteiger partial charge in [0.1, 0.15) is 12.2 Å². The van der Waals surface area contributed by atoms with Crippen LogP contribution < -0.4 is 0 Å². The molecule has 2 N–H and O–H groups in total. The molecule has 8 heteroatoms. The first-order valence-electron chi connectivity index (χ1n) is 9.12. The van der Waals surface area contributed by atoms with Gasteiger partial charge in [-0.1, -0.05) is 30.3 Å². The molecule has 27 heavy (non-hydrogen) atoms. The summed E-state index contributed by atoms with van der Waals surface area (Å²) < 4.78 is 34.3. The zero-order valence-electron chi connectivity index (χ0n) is 16.1. The molecule has 2 aliphatic rings. The molecule has 3 rings (SSSR count). The molecule has 2 aliphatic heterocycles. The van der Waals surface area contributed by atoms with Crippen molar-refractivity contribution in [1.82, 2.24) is 0 Å². The molecule has 0 amide bonds. The highest BCUT2D eigenvalue weighted by Gasteiger charge is 2.75. The number of hydrogen-bond acceptors (Lipinski definition) is 8. The van der Waals surface area contributed by atoms with Gasteiger partial charge >= 0.3 is 0 Å². The summed E-state index contributed by atoms with van der Waals surface area (Å²) >= 11 is 0. The summed E-state index contributed by atoms with van der Waals surface area (Å²) in [6.07, 6.45) is -2.57. The Morgan fingerprint density at radius 3 is 2.37 bits per heavy atom. The van der Waals surface area contributed by atoms with Crippen LogP contribution in [0.4, 0.5) is 0 Å². The zero-order chi connectivity index (χ0) is 19.7. The highest BCUT2D eigenvalue weighted by molar-refractivity contribution is 5.17. The van der Waals surface area contributed by atoms with Crippen LogP contribution in [0.2, 0.25) is 0 Å². The lowest BCUT2D eigenvalue weighted by molar-refractivity contribution is -0.541. The van der Waals surface area contributed by atoms with E-state index < -0.39 is 35.9 Å². The first-order valence-corrected chi connectivity index (χ1v) is 9.12. The molecule has 1 aromatic rings. The molecule has 2 heterocycles. The maximum absolute atomic E-state index is 11.5. The van der Waals surface area contributed by atoms with Gasteiger partial charge in [-0.2, -0.15) is 0 Å². The van der Waals surface area contributed by atoms with E-state index in [1.807, 2.05) is 30.3 Å². The predicted molar refractivity (Wildman–Crippen MR) is 93.4 cm³/mol. The highest BCUT2D eigenvalue weighted by atomic mass is 16.8. The van der Waals surface area contributed by atoms with Crippen LogP contribution >= 0.6 is 0 Å². The second kappa shape index (κ2) is 7.73. The van der Waals surface area contributed by atoms with Gasteiger partial charge in [0.2, 0.25) is 5.79 Å². The highest BCUT2D eigenvalue weighted by Crippen LogP contribution is 2.50. The minimum absolute atomic E-state index is 0.0875. The molecule has 0 radical (unpaired) electrons. The lowest BCUT2D eigenvalue weighted by Crippen LogP contribution is -2.81. The van der Waals surface area contributed by atoms with Crippen molar-refractivity contribution in [2.75, 3.05) is 26.9 Å². The Labute approximate surface area is 158 Å². The second-order valence-electron chi connectivity index (χ2n) is 6.65. The minimum Gasteiger partial charge on any atom is -0.359 e. The van der Waals surface area contributed by atoms with Gasteiger partial charge in [0.25, 0.3) is 11.6 Å². The number of hydrogen-bond donors (Lipinski definition) is 2. The van der Waals surface area contributed by atoms with Gasteiger partial charge in [-0.25, -0.2) is 0 Å². The topological polar surface area (TPSA) is 95.8 Å². The fraction of sp³-hybridized carbons (Fsp3) is 0.684. The predicted octanol–water partition coefficient (Wildman–Crippen LogP) is 1.31. The number of ether oxygens (including phenoxy) is 6. The summed E-state index contributed by atoms with van der Waals surface area (Å²) in [6, 6.07) is 9.30. The van der Waals surface area contributed by atoms with Crippen molar-refractivity contribution in [3.8, 4) is 0 Å². The summed E-state index contributed by atoms with van der Waals surface area (Å²) in [5.74, 6) is -6.29. The molecule has 0 bridgehead atoms. The summed E-state index contributed by atoms with van der Waals surface area (Å²) in [7, 11) is 1.36. The van der Waals surface area contributed by atoms with E-state index >= 15 is 0 Å². The maximum atomic E-state index is 11.5. The van der Waals surface area contributed by atoms with Crippen molar-refractivity contribution < 1.29 is 38.6 Å². The van der Waals surface area contributed by atoms with Crippen molar-refractivity contribution in [3.63, 3.8) is 0 Å². The van der Waals surface area contributed by atoms with Crippen LogP contribution in [-0.4, -0.2) is 66.7 Å². The first-order chi connectivity index (χ1) is 12.8. The Bertz CT molecular complexity index is 627. The number of fused-ring (bicyclic) bond motifs is 1. The van der Waals surface area contributed by atoms with Crippen LogP contribution in [-0.2, 0) is 28.4 Å². The third-order valence-electron chi connectivity index (χ3n) is 5.06. The number of methoxy groups -OCH3 is 1. The third kappa shape index (κ3) is 3.20. The molecule has 0 saturated carbocycles. The zero-order valence-corrected chi connectivity index (χ0v) is 16.1. The molecule has 1 aromatic carbocycles. The molecular formula is C19H28O8. The quantitative estimate of drug-likeness (QED) is 0.709. The summed E-state index contributed by atoms with van der Waals surface area (Å²) in [4.78, 5) is 0. The van der Waals surface area contributed by atoms with E-state index in [-0.39, 0.29) is 19.8 Å². The van der Waals surface area contributed by atoms with Crippen molar-refractivity contribution in [1.29, 1.82) is 0 Å². The molecule has 0 aromatic heterocycles.